The maximum absolute atomic E-state index is 8.76. The molecule has 0 amide bonds. The van der Waals surface area contributed by atoms with Gasteiger partial charge in [0.1, 0.15) is 11.5 Å². The maximum Gasteiger partial charge on any atom is 0.147 e. The number of nitriles is 1. The molecule has 1 aromatic heterocycles. The minimum atomic E-state index is 0.621. The van der Waals surface area contributed by atoms with Gasteiger partial charge in [0, 0.05) is 11.6 Å². The third-order valence-electron chi connectivity index (χ3n) is 1.98. The van der Waals surface area contributed by atoms with Gasteiger partial charge < -0.3 is 4.52 Å². The Bertz CT molecular complexity index is 513. The van der Waals surface area contributed by atoms with Crippen LogP contribution in [0.3, 0.4) is 0 Å². The molecule has 0 bridgehead atoms. The molecule has 0 radical (unpaired) electrons. The summed E-state index contributed by atoms with van der Waals surface area (Å²) in [5, 5.41) is 13.3. The number of halogens is 1. The Morgan fingerprint density at radius 1 is 1.40 bits per heavy atom. The first-order valence-corrected chi connectivity index (χ1v) is 5.47. The molecule has 0 fully saturated rings. The summed E-state index contributed by atoms with van der Waals surface area (Å²) in [6.07, 6.45) is 0. The van der Waals surface area contributed by atoms with Gasteiger partial charge in [0.05, 0.1) is 17.0 Å². The van der Waals surface area contributed by atoms with Crippen molar-refractivity contribution in [3.05, 3.63) is 41.7 Å². The summed E-state index contributed by atoms with van der Waals surface area (Å²) >= 11 is 3.29. The SMILES string of the molecule is N#Cc1cccc(-c2cc(CBr)on2)c1. The van der Waals surface area contributed by atoms with Crippen molar-refractivity contribution in [1.82, 2.24) is 5.16 Å². The van der Waals surface area contributed by atoms with E-state index < -0.39 is 0 Å². The summed E-state index contributed by atoms with van der Waals surface area (Å²) in [4.78, 5) is 0. The van der Waals surface area contributed by atoms with Crippen molar-refractivity contribution in [2.24, 2.45) is 0 Å². The Hall–Kier alpha value is -1.60. The van der Waals surface area contributed by atoms with Crippen LogP contribution in [0.15, 0.2) is 34.9 Å². The van der Waals surface area contributed by atoms with Crippen molar-refractivity contribution in [1.29, 1.82) is 5.26 Å². The van der Waals surface area contributed by atoms with Crippen molar-refractivity contribution < 1.29 is 4.52 Å². The second kappa shape index (κ2) is 4.28. The van der Waals surface area contributed by atoms with Gasteiger partial charge in [0.25, 0.3) is 0 Å². The van der Waals surface area contributed by atoms with Gasteiger partial charge >= 0.3 is 0 Å². The molecule has 2 aromatic rings. The van der Waals surface area contributed by atoms with E-state index in [2.05, 4.69) is 27.2 Å². The summed E-state index contributed by atoms with van der Waals surface area (Å²) in [7, 11) is 0. The van der Waals surface area contributed by atoms with Gasteiger partial charge in [-0.1, -0.05) is 33.2 Å². The van der Waals surface area contributed by atoms with Crippen LogP contribution in [-0.4, -0.2) is 5.16 Å². The Kier molecular flexibility index (Phi) is 2.84. The lowest BCUT2D eigenvalue weighted by Gasteiger charge is -1.94. The number of hydrogen-bond acceptors (Lipinski definition) is 3. The molecular formula is C11H7BrN2O. The predicted octanol–water partition coefficient (Wildman–Crippen LogP) is 3.11. The van der Waals surface area contributed by atoms with Crippen molar-refractivity contribution in [2.75, 3.05) is 0 Å². The summed E-state index contributed by atoms with van der Waals surface area (Å²) < 4.78 is 5.06. The zero-order valence-electron chi connectivity index (χ0n) is 7.77. The molecule has 1 heterocycles. The molecule has 2 rings (SSSR count). The monoisotopic (exact) mass is 262 g/mol. The summed E-state index contributed by atoms with van der Waals surface area (Å²) in [6, 6.07) is 11.2. The largest absolute Gasteiger partial charge is 0.360 e. The minimum absolute atomic E-state index is 0.621. The number of rotatable bonds is 2. The molecule has 0 unspecified atom stereocenters. The highest BCUT2D eigenvalue weighted by Gasteiger charge is 2.05. The second-order valence-electron chi connectivity index (χ2n) is 3.00. The number of hydrogen-bond donors (Lipinski definition) is 0. The molecule has 4 heteroatoms. The average Bonchev–Trinajstić information content (AvgIpc) is 2.78. The predicted molar refractivity (Wildman–Crippen MR) is 59.3 cm³/mol. The van der Waals surface area contributed by atoms with Crippen molar-refractivity contribution in [2.45, 2.75) is 5.33 Å². The van der Waals surface area contributed by atoms with E-state index in [0.717, 1.165) is 17.0 Å². The quantitative estimate of drug-likeness (QED) is 0.782. The Labute approximate surface area is 95.4 Å². The zero-order chi connectivity index (χ0) is 10.7. The van der Waals surface area contributed by atoms with Crippen molar-refractivity contribution in [3.8, 4) is 17.3 Å². The van der Waals surface area contributed by atoms with E-state index in [1.807, 2.05) is 18.2 Å². The fourth-order valence-electron chi connectivity index (χ4n) is 1.26. The van der Waals surface area contributed by atoms with Crippen LogP contribution in [0, 0.1) is 11.3 Å². The smallest absolute Gasteiger partial charge is 0.147 e. The lowest BCUT2D eigenvalue weighted by molar-refractivity contribution is 0.398. The van der Waals surface area contributed by atoms with Gasteiger partial charge in [-0.2, -0.15) is 5.26 Å². The maximum atomic E-state index is 8.76. The molecule has 0 atom stereocenters. The molecule has 1 aromatic carbocycles. The number of aromatic nitrogens is 1. The van der Waals surface area contributed by atoms with Gasteiger partial charge in [-0.15, -0.1) is 0 Å². The molecule has 0 aliphatic carbocycles. The fraction of sp³-hybridized carbons (Fsp3) is 0.0909. The normalized spacial score (nSPS) is 9.87. The third-order valence-corrected chi connectivity index (χ3v) is 2.53. The number of alkyl halides is 1. The first-order valence-electron chi connectivity index (χ1n) is 4.35. The molecule has 0 aliphatic rings. The van der Waals surface area contributed by atoms with Crippen LogP contribution in [0.5, 0.6) is 0 Å². The molecule has 0 saturated carbocycles. The molecule has 74 valence electrons. The van der Waals surface area contributed by atoms with E-state index in [-0.39, 0.29) is 0 Å². The van der Waals surface area contributed by atoms with E-state index in [1.54, 1.807) is 12.1 Å². The average molecular weight is 263 g/mol. The van der Waals surface area contributed by atoms with Gasteiger partial charge in [-0.05, 0) is 12.1 Å². The van der Waals surface area contributed by atoms with Gasteiger partial charge in [-0.25, -0.2) is 0 Å². The lowest BCUT2D eigenvalue weighted by Crippen LogP contribution is -1.78. The van der Waals surface area contributed by atoms with Crippen LogP contribution in [-0.2, 0) is 5.33 Å². The highest BCUT2D eigenvalue weighted by molar-refractivity contribution is 9.08. The highest BCUT2D eigenvalue weighted by Crippen LogP contribution is 2.20. The molecule has 0 saturated heterocycles. The van der Waals surface area contributed by atoms with E-state index in [1.165, 1.54) is 0 Å². The van der Waals surface area contributed by atoms with Crippen LogP contribution in [0.25, 0.3) is 11.3 Å². The topological polar surface area (TPSA) is 49.8 Å². The van der Waals surface area contributed by atoms with Gasteiger partial charge in [-0.3, -0.25) is 0 Å². The van der Waals surface area contributed by atoms with Crippen LogP contribution < -0.4 is 0 Å². The lowest BCUT2D eigenvalue weighted by atomic mass is 10.1. The number of benzene rings is 1. The van der Waals surface area contributed by atoms with E-state index in [0.29, 0.717) is 10.9 Å². The van der Waals surface area contributed by atoms with Crippen LogP contribution in [0.4, 0.5) is 0 Å². The van der Waals surface area contributed by atoms with E-state index in [4.69, 9.17) is 9.78 Å². The zero-order valence-corrected chi connectivity index (χ0v) is 9.36. The standard InChI is InChI=1S/C11H7BrN2O/c12-6-10-5-11(14-15-10)9-3-1-2-8(4-9)7-13/h1-5H,6H2. The molecular weight excluding hydrogens is 256 g/mol. The molecule has 3 nitrogen and oxygen atoms in total. The highest BCUT2D eigenvalue weighted by atomic mass is 79.9. The van der Waals surface area contributed by atoms with Gasteiger partial charge in [0.15, 0.2) is 0 Å². The molecule has 0 N–H and O–H groups in total. The summed E-state index contributed by atoms with van der Waals surface area (Å²) in [5.74, 6) is 0.771. The molecule has 0 aliphatic heterocycles. The summed E-state index contributed by atoms with van der Waals surface area (Å²) in [5.41, 5.74) is 2.27. The van der Waals surface area contributed by atoms with Crippen LogP contribution >= 0.6 is 15.9 Å². The first kappa shape index (κ1) is 9.94. The Morgan fingerprint density at radius 2 is 2.27 bits per heavy atom. The second-order valence-corrected chi connectivity index (χ2v) is 3.57. The fourth-order valence-corrected chi connectivity index (χ4v) is 1.52. The Balaban J connectivity index is 2.41. The first-order chi connectivity index (χ1) is 7.33. The van der Waals surface area contributed by atoms with Gasteiger partial charge in [0.2, 0.25) is 0 Å². The minimum Gasteiger partial charge on any atom is -0.360 e. The summed E-state index contributed by atoms with van der Waals surface area (Å²) in [6.45, 7) is 0. The number of nitrogens with zero attached hydrogens (tertiary/aromatic N) is 2. The Morgan fingerprint density at radius 3 is 2.93 bits per heavy atom. The molecule has 15 heavy (non-hydrogen) atoms. The van der Waals surface area contributed by atoms with E-state index >= 15 is 0 Å². The van der Waals surface area contributed by atoms with Crippen LogP contribution in [0.1, 0.15) is 11.3 Å². The molecule has 0 spiro atoms. The third kappa shape index (κ3) is 2.08. The van der Waals surface area contributed by atoms with E-state index in [9.17, 15) is 0 Å². The van der Waals surface area contributed by atoms with Crippen molar-refractivity contribution >= 4 is 15.9 Å². The van der Waals surface area contributed by atoms with Crippen LogP contribution in [0.2, 0.25) is 0 Å². The van der Waals surface area contributed by atoms with Crippen molar-refractivity contribution in [3.63, 3.8) is 0 Å².